The topological polar surface area (TPSA) is 92.5 Å². The molecule has 0 saturated heterocycles. The fourth-order valence-electron chi connectivity index (χ4n) is 2.23. The fourth-order valence-corrected chi connectivity index (χ4v) is 2.23. The Balaban J connectivity index is 2.54. The minimum absolute atomic E-state index is 0.00672. The summed E-state index contributed by atoms with van der Waals surface area (Å²) < 4.78 is 39.7. The summed E-state index contributed by atoms with van der Waals surface area (Å²) in [6.07, 6.45) is -4.57. The SMILES string of the molecule is Cc1cc(=O)c(C(=O)N(C)CC(=O)O)nn1-c1cccc(C(F)(F)F)c1. The van der Waals surface area contributed by atoms with Crippen LogP contribution < -0.4 is 5.43 Å². The van der Waals surface area contributed by atoms with Gasteiger partial charge in [-0.25, -0.2) is 4.68 Å². The molecule has 0 unspecified atom stereocenters. The second-order valence-corrected chi connectivity index (χ2v) is 5.51. The lowest BCUT2D eigenvalue weighted by molar-refractivity contribution is -0.138. The van der Waals surface area contributed by atoms with Gasteiger partial charge in [-0.2, -0.15) is 18.3 Å². The number of likely N-dealkylation sites (N-methyl/N-ethyl adjacent to an activating group) is 1. The molecule has 0 fully saturated rings. The normalized spacial score (nSPS) is 11.3. The summed E-state index contributed by atoms with van der Waals surface area (Å²) in [6, 6.07) is 5.28. The number of carbonyl (C=O) groups is 2. The molecule has 1 amide bonds. The molecule has 1 aromatic carbocycles. The number of aryl methyl sites for hydroxylation is 1. The number of benzene rings is 1. The molecule has 0 aliphatic rings. The van der Waals surface area contributed by atoms with Crippen molar-refractivity contribution in [3.63, 3.8) is 0 Å². The van der Waals surface area contributed by atoms with Gasteiger partial charge in [0.05, 0.1) is 11.3 Å². The summed E-state index contributed by atoms with van der Waals surface area (Å²) in [6.45, 7) is 0.793. The van der Waals surface area contributed by atoms with E-state index in [0.29, 0.717) is 0 Å². The van der Waals surface area contributed by atoms with Crippen molar-refractivity contribution in [1.82, 2.24) is 14.7 Å². The van der Waals surface area contributed by atoms with E-state index in [1.54, 1.807) is 0 Å². The van der Waals surface area contributed by atoms with Gasteiger partial charge in [-0.3, -0.25) is 14.4 Å². The van der Waals surface area contributed by atoms with Gasteiger partial charge >= 0.3 is 12.1 Å². The summed E-state index contributed by atoms with van der Waals surface area (Å²) in [5.41, 5.74) is -2.03. The van der Waals surface area contributed by atoms with Crippen LogP contribution in [0.3, 0.4) is 0 Å². The maximum atomic E-state index is 12.9. The maximum Gasteiger partial charge on any atom is 0.416 e. The zero-order valence-electron chi connectivity index (χ0n) is 13.7. The Bertz CT molecular complexity index is 922. The third-order valence-electron chi connectivity index (χ3n) is 3.45. The van der Waals surface area contributed by atoms with E-state index < -0.39 is 41.3 Å². The van der Waals surface area contributed by atoms with Crippen LogP contribution in [0.5, 0.6) is 0 Å². The molecule has 1 N–H and O–H groups in total. The molecular weight excluding hydrogens is 355 g/mol. The number of rotatable bonds is 4. The van der Waals surface area contributed by atoms with Crippen molar-refractivity contribution in [2.75, 3.05) is 13.6 Å². The number of aromatic nitrogens is 2. The third kappa shape index (κ3) is 4.08. The van der Waals surface area contributed by atoms with Crippen LogP contribution >= 0.6 is 0 Å². The number of halogens is 3. The van der Waals surface area contributed by atoms with Crippen molar-refractivity contribution in [3.8, 4) is 5.69 Å². The molecule has 1 heterocycles. The van der Waals surface area contributed by atoms with Crippen LogP contribution in [0, 0.1) is 6.92 Å². The van der Waals surface area contributed by atoms with Crippen molar-refractivity contribution in [2.24, 2.45) is 0 Å². The second-order valence-electron chi connectivity index (χ2n) is 5.51. The van der Waals surface area contributed by atoms with Gasteiger partial charge in [0, 0.05) is 18.8 Å². The second kappa shape index (κ2) is 6.98. The van der Waals surface area contributed by atoms with Crippen molar-refractivity contribution < 1.29 is 27.9 Å². The van der Waals surface area contributed by atoms with Crippen molar-refractivity contribution in [2.45, 2.75) is 13.1 Å². The third-order valence-corrected chi connectivity index (χ3v) is 3.45. The first kappa shape index (κ1) is 19.2. The summed E-state index contributed by atoms with van der Waals surface area (Å²) in [5.74, 6) is -2.23. The van der Waals surface area contributed by atoms with Crippen LogP contribution in [0.15, 0.2) is 35.1 Å². The van der Waals surface area contributed by atoms with Gasteiger partial charge in [-0.1, -0.05) is 6.07 Å². The van der Waals surface area contributed by atoms with Crippen LogP contribution in [-0.2, 0) is 11.0 Å². The lowest BCUT2D eigenvalue weighted by Gasteiger charge is -2.16. The Hall–Kier alpha value is -3.17. The summed E-state index contributed by atoms with van der Waals surface area (Å²) in [7, 11) is 1.17. The number of aliphatic carboxylic acids is 1. The molecule has 26 heavy (non-hydrogen) atoms. The first-order valence-corrected chi connectivity index (χ1v) is 7.26. The van der Waals surface area contributed by atoms with E-state index in [9.17, 15) is 27.6 Å². The highest BCUT2D eigenvalue weighted by Crippen LogP contribution is 2.30. The molecule has 1 aromatic heterocycles. The Morgan fingerprint density at radius 3 is 2.50 bits per heavy atom. The number of amides is 1. The quantitative estimate of drug-likeness (QED) is 0.886. The van der Waals surface area contributed by atoms with E-state index in [4.69, 9.17) is 5.11 Å². The molecule has 0 aliphatic heterocycles. The summed E-state index contributed by atoms with van der Waals surface area (Å²) in [4.78, 5) is 35.7. The highest BCUT2D eigenvalue weighted by molar-refractivity contribution is 5.93. The maximum absolute atomic E-state index is 12.9. The van der Waals surface area contributed by atoms with E-state index in [2.05, 4.69) is 5.10 Å². The van der Waals surface area contributed by atoms with Crippen molar-refractivity contribution in [1.29, 1.82) is 0 Å². The molecule has 2 rings (SSSR count). The number of nitrogens with zero attached hydrogens (tertiary/aromatic N) is 3. The number of carboxylic acid groups (broad SMARTS) is 1. The van der Waals surface area contributed by atoms with Gasteiger partial charge in [0.25, 0.3) is 5.91 Å². The first-order valence-electron chi connectivity index (χ1n) is 7.26. The number of carboxylic acids is 1. The van der Waals surface area contributed by atoms with Crippen LogP contribution in [0.25, 0.3) is 5.69 Å². The van der Waals surface area contributed by atoms with Gasteiger partial charge in [0.1, 0.15) is 6.54 Å². The van der Waals surface area contributed by atoms with E-state index in [1.807, 2.05) is 0 Å². The van der Waals surface area contributed by atoms with Crippen molar-refractivity contribution in [3.05, 3.63) is 57.5 Å². The zero-order valence-corrected chi connectivity index (χ0v) is 13.7. The molecule has 0 radical (unpaired) electrons. The summed E-state index contributed by atoms with van der Waals surface area (Å²) >= 11 is 0. The molecule has 0 aliphatic carbocycles. The Morgan fingerprint density at radius 2 is 1.92 bits per heavy atom. The van der Waals surface area contributed by atoms with E-state index in [-0.39, 0.29) is 11.4 Å². The van der Waals surface area contributed by atoms with E-state index in [0.717, 1.165) is 27.8 Å². The molecule has 2 aromatic rings. The molecule has 0 atom stereocenters. The molecule has 10 heteroatoms. The van der Waals surface area contributed by atoms with E-state index >= 15 is 0 Å². The van der Waals surface area contributed by atoms with Gasteiger partial charge in [0.15, 0.2) is 5.69 Å². The predicted octanol–water partition coefficient (Wildman–Crippen LogP) is 1.72. The number of hydrogen-bond donors (Lipinski definition) is 1. The molecular formula is C16H14F3N3O4. The monoisotopic (exact) mass is 369 g/mol. The zero-order chi connectivity index (χ0) is 19.6. The van der Waals surface area contributed by atoms with Crippen LogP contribution in [0.4, 0.5) is 13.2 Å². The average molecular weight is 369 g/mol. The smallest absolute Gasteiger partial charge is 0.416 e. The average Bonchev–Trinajstić information content (AvgIpc) is 2.53. The lowest BCUT2D eigenvalue weighted by atomic mass is 10.2. The molecule has 7 nitrogen and oxygen atoms in total. The molecule has 138 valence electrons. The number of alkyl halides is 3. The van der Waals surface area contributed by atoms with E-state index in [1.165, 1.54) is 26.1 Å². The highest BCUT2D eigenvalue weighted by Gasteiger charge is 2.30. The number of hydrogen-bond acceptors (Lipinski definition) is 4. The highest BCUT2D eigenvalue weighted by atomic mass is 19.4. The van der Waals surface area contributed by atoms with Gasteiger partial charge in [-0.05, 0) is 25.1 Å². The molecule has 0 saturated carbocycles. The van der Waals surface area contributed by atoms with Gasteiger partial charge in [-0.15, -0.1) is 0 Å². The Morgan fingerprint density at radius 1 is 1.27 bits per heavy atom. The van der Waals surface area contributed by atoms with Crippen LogP contribution in [-0.4, -0.2) is 45.3 Å². The molecule has 0 bridgehead atoms. The van der Waals surface area contributed by atoms with Crippen LogP contribution in [0.1, 0.15) is 21.7 Å². The summed E-state index contributed by atoms with van der Waals surface area (Å²) in [5, 5.41) is 12.6. The number of carbonyl (C=O) groups excluding carboxylic acids is 1. The predicted molar refractivity (Wildman–Crippen MR) is 84.2 cm³/mol. The first-order chi connectivity index (χ1) is 12.0. The fraction of sp³-hybridized carbons (Fsp3) is 0.250. The Labute approximate surface area is 145 Å². The van der Waals surface area contributed by atoms with Gasteiger partial charge < -0.3 is 10.0 Å². The van der Waals surface area contributed by atoms with Crippen molar-refractivity contribution >= 4 is 11.9 Å². The minimum atomic E-state index is -4.57. The molecule has 0 spiro atoms. The van der Waals surface area contributed by atoms with Crippen LogP contribution in [0.2, 0.25) is 0 Å². The Kier molecular flexibility index (Phi) is 5.15. The standard InChI is InChI=1S/C16H14F3N3O4/c1-9-6-12(23)14(15(26)21(2)8-13(24)25)20-22(9)11-5-3-4-10(7-11)16(17,18)19/h3-7H,8H2,1-2H3,(H,24,25). The van der Waals surface area contributed by atoms with Gasteiger partial charge in [0.2, 0.25) is 5.43 Å². The minimum Gasteiger partial charge on any atom is -0.480 e. The lowest BCUT2D eigenvalue weighted by Crippen LogP contribution is -2.36. The largest absolute Gasteiger partial charge is 0.480 e.